The summed E-state index contributed by atoms with van der Waals surface area (Å²) < 4.78 is 5.31. The van der Waals surface area contributed by atoms with Crippen molar-refractivity contribution >= 4 is 23.2 Å². The molecule has 1 aromatic carbocycles. The summed E-state index contributed by atoms with van der Waals surface area (Å²) in [5, 5.41) is 2.75. The van der Waals surface area contributed by atoms with E-state index >= 15 is 0 Å². The molecule has 2 rings (SSSR count). The van der Waals surface area contributed by atoms with E-state index in [2.05, 4.69) is 5.32 Å². The van der Waals surface area contributed by atoms with Crippen LogP contribution in [0, 0.1) is 0 Å². The molecule has 1 heterocycles. The van der Waals surface area contributed by atoms with Crippen LogP contribution in [0.2, 0.25) is 0 Å². The first-order valence-corrected chi connectivity index (χ1v) is 5.96. The molecule has 0 saturated carbocycles. The van der Waals surface area contributed by atoms with E-state index in [1.54, 1.807) is 25.2 Å². The molecule has 5 heteroatoms. The zero-order valence-corrected chi connectivity index (χ0v) is 11.2. The highest BCUT2D eigenvalue weighted by molar-refractivity contribution is 6.02. The minimum atomic E-state index is -0.189. The third-order valence-electron chi connectivity index (χ3n) is 2.73. The van der Waals surface area contributed by atoms with Gasteiger partial charge in [-0.1, -0.05) is 5.57 Å². The van der Waals surface area contributed by atoms with Crippen LogP contribution in [0.15, 0.2) is 29.8 Å². The third-order valence-corrected chi connectivity index (χ3v) is 2.73. The van der Waals surface area contributed by atoms with Crippen molar-refractivity contribution < 1.29 is 14.3 Å². The van der Waals surface area contributed by atoms with Crippen molar-refractivity contribution in [2.24, 2.45) is 0 Å². The molecule has 0 radical (unpaired) electrons. The van der Waals surface area contributed by atoms with Crippen LogP contribution in [0.5, 0.6) is 5.75 Å². The van der Waals surface area contributed by atoms with Crippen LogP contribution in [0.4, 0.5) is 11.4 Å². The lowest BCUT2D eigenvalue weighted by Gasteiger charge is -2.26. The summed E-state index contributed by atoms with van der Waals surface area (Å²) in [5.41, 5.74) is 2.21. The summed E-state index contributed by atoms with van der Waals surface area (Å²) in [6.07, 6.45) is 1.52. The predicted octanol–water partition coefficient (Wildman–Crippen LogP) is 1.95. The van der Waals surface area contributed by atoms with E-state index < -0.39 is 0 Å². The molecular weight excluding hydrogens is 244 g/mol. The molecule has 1 aromatic rings. The Morgan fingerprint density at radius 3 is 2.84 bits per heavy atom. The topological polar surface area (TPSA) is 58.6 Å². The van der Waals surface area contributed by atoms with Gasteiger partial charge in [0, 0.05) is 18.8 Å². The highest BCUT2D eigenvalue weighted by Crippen LogP contribution is 2.33. The monoisotopic (exact) mass is 260 g/mol. The SMILES string of the molecule is CC(C)=CC(=O)Nc1ccc2c(c1)N(C)C(=O)CO2. The van der Waals surface area contributed by atoms with Gasteiger partial charge < -0.3 is 15.0 Å². The molecule has 1 aliphatic rings. The number of carbonyl (C=O) groups is 2. The predicted molar refractivity (Wildman–Crippen MR) is 73.4 cm³/mol. The molecule has 0 unspecified atom stereocenters. The minimum absolute atomic E-state index is 0.0486. The van der Waals surface area contributed by atoms with E-state index in [-0.39, 0.29) is 18.4 Å². The Morgan fingerprint density at radius 2 is 2.16 bits per heavy atom. The summed E-state index contributed by atoms with van der Waals surface area (Å²) >= 11 is 0. The Morgan fingerprint density at radius 1 is 1.42 bits per heavy atom. The maximum atomic E-state index is 11.6. The summed E-state index contributed by atoms with van der Waals surface area (Å²) in [6, 6.07) is 5.22. The van der Waals surface area contributed by atoms with E-state index in [9.17, 15) is 9.59 Å². The fourth-order valence-corrected chi connectivity index (χ4v) is 1.79. The number of likely N-dealkylation sites (N-methyl/N-ethyl adjacent to an activating group) is 1. The molecule has 0 atom stereocenters. The second-order valence-electron chi connectivity index (χ2n) is 4.63. The highest BCUT2D eigenvalue weighted by atomic mass is 16.5. The van der Waals surface area contributed by atoms with Crippen molar-refractivity contribution in [3.63, 3.8) is 0 Å². The number of hydrogen-bond donors (Lipinski definition) is 1. The van der Waals surface area contributed by atoms with Crippen LogP contribution in [0.25, 0.3) is 0 Å². The Labute approximate surface area is 111 Å². The molecule has 1 aliphatic heterocycles. The highest BCUT2D eigenvalue weighted by Gasteiger charge is 2.22. The molecule has 19 heavy (non-hydrogen) atoms. The maximum Gasteiger partial charge on any atom is 0.264 e. The Kier molecular flexibility index (Phi) is 3.55. The molecular formula is C14H16N2O3. The van der Waals surface area contributed by atoms with E-state index in [4.69, 9.17) is 4.74 Å². The number of amides is 2. The number of hydrogen-bond acceptors (Lipinski definition) is 3. The largest absolute Gasteiger partial charge is 0.482 e. The molecule has 0 aromatic heterocycles. The summed E-state index contributed by atoms with van der Waals surface area (Å²) in [6.45, 7) is 3.76. The van der Waals surface area contributed by atoms with Crippen LogP contribution >= 0.6 is 0 Å². The molecule has 0 bridgehead atoms. The quantitative estimate of drug-likeness (QED) is 0.827. The normalized spacial score (nSPS) is 13.4. The molecule has 100 valence electrons. The number of anilines is 2. The first-order valence-electron chi connectivity index (χ1n) is 5.96. The molecule has 0 spiro atoms. The smallest absolute Gasteiger partial charge is 0.264 e. The van der Waals surface area contributed by atoms with Gasteiger partial charge in [0.2, 0.25) is 5.91 Å². The van der Waals surface area contributed by atoms with Gasteiger partial charge in [0.05, 0.1) is 5.69 Å². The number of allylic oxidation sites excluding steroid dienone is 1. The molecule has 0 fully saturated rings. The Bertz CT molecular complexity index is 560. The van der Waals surface area contributed by atoms with Gasteiger partial charge in [-0.15, -0.1) is 0 Å². The third kappa shape index (κ3) is 2.93. The van der Waals surface area contributed by atoms with Crippen molar-refractivity contribution in [2.45, 2.75) is 13.8 Å². The summed E-state index contributed by atoms with van der Waals surface area (Å²) in [7, 11) is 1.69. The van der Waals surface area contributed by atoms with Gasteiger partial charge >= 0.3 is 0 Å². The lowest BCUT2D eigenvalue weighted by atomic mass is 10.2. The molecule has 0 saturated heterocycles. The van der Waals surface area contributed by atoms with Crippen molar-refractivity contribution in [3.05, 3.63) is 29.8 Å². The van der Waals surface area contributed by atoms with Gasteiger partial charge in [-0.25, -0.2) is 0 Å². The first-order chi connectivity index (χ1) is 8.97. The number of carbonyl (C=O) groups excluding carboxylic acids is 2. The van der Waals surface area contributed by atoms with E-state index in [1.807, 2.05) is 13.8 Å². The second-order valence-corrected chi connectivity index (χ2v) is 4.63. The Balaban J connectivity index is 2.23. The molecule has 2 amide bonds. The standard InChI is InChI=1S/C14H16N2O3/c1-9(2)6-13(17)15-10-4-5-12-11(7-10)16(3)14(18)8-19-12/h4-7H,8H2,1-3H3,(H,15,17). The van der Waals surface area contributed by atoms with Crippen molar-refractivity contribution in [3.8, 4) is 5.75 Å². The van der Waals surface area contributed by atoms with Crippen LogP contribution in [-0.2, 0) is 9.59 Å². The van der Waals surface area contributed by atoms with E-state index in [0.717, 1.165) is 5.57 Å². The minimum Gasteiger partial charge on any atom is -0.482 e. The second kappa shape index (κ2) is 5.14. The number of ether oxygens (including phenoxy) is 1. The van der Waals surface area contributed by atoms with Crippen molar-refractivity contribution in [1.29, 1.82) is 0 Å². The van der Waals surface area contributed by atoms with Crippen molar-refractivity contribution in [1.82, 2.24) is 0 Å². The fourth-order valence-electron chi connectivity index (χ4n) is 1.79. The summed E-state index contributed by atoms with van der Waals surface area (Å²) in [5.74, 6) is 0.341. The lowest BCUT2D eigenvalue weighted by Crippen LogP contribution is -2.35. The van der Waals surface area contributed by atoms with Crippen LogP contribution in [0.3, 0.4) is 0 Å². The number of nitrogens with zero attached hydrogens (tertiary/aromatic N) is 1. The first kappa shape index (κ1) is 13.1. The van der Waals surface area contributed by atoms with Gasteiger partial charge in [-0.2, -0.15) is 0 Å². The van der Waals surface area contributed by atoms with Gasteiger partial charge in [0.15, 0.2) is 6.61 Å². The number of benzene rings is 1. The van der Waals surface area contributed by atoms with Gasteiger partial charge in [0.1, 0.15) is 5.75 Å². The van der Waals surface area contributed by atoms with Crippen molar-refractivity contribution in [2.75, 3.05) is 23.9 Å². The molecule has 5 nitrogen and oxygen atoms in total. The van der Waals surface area contributed by atoms with Gasteiger partial charge in [0.25, 0.3) is 5.91 Å². The number of fused-ring (bicyclic) bond motifs is 1. The maximum absolute atomic E-state index is 11.6. The fraction of sp³-hybridized carbons (Fsp3) is 0.286. The Hall–Kier alpha value is -2.30. The van der Waals surface area contributed by atoms with Gasteiger partial charge in [-0.05, 0) is 32.0 Å². The van der Waals surface area contributed by atoms with Gasteiger partial charge in [-0.3, -0.25) is 9.59 Å². The van der Waals surface area contributed by atoms with Crippen LogP contribution in [-0.4, -0.2) is 25.5 Å². The number of rotatable bonds is 2. The molecule has 1 N–H and O–H groups in total. The number of nitrogens with one attached hydrogen (secondary N) is 1. The average Bonchev–Trinajstić information content (AvgIpc) is 2.33. The van der Waals surface area contributed by atoms with E-state index in [0.29, 0.717) is 17.1 Å². The van der Waals surface area contributed by atoms with Crippen LogP contribution < -0.4 is 15.0 Å². The average molecular weight is 260 g/mol. The molecule has 0 aliphatic carbocycles. The zero-order valence-electron chi connectivity index (χ0n) is 11.2. The zero-order chi connectivity index (χ0) is 14.0. The van der Waals surface area contributed by atoms with Crippen LogP contribution in [0.1, 0.15) is 13.8 Å². The summed E-state index contributed by atoms with van der Waals surface area (Å²) in [4.78, 5) is 24.7. The lowest BCUT2D eigenvalue weighted by molar-refractivity contribution is -0.121. The van der Waals surface area contributed by atoms with E-state index in [1.165, 1.54) is 11.0 Å².